The maximum Gasteiger partial charge on any atom is 0.410 e. The monoisotopic (exact) mass is 1630 g/mol. The van der Waals surface area contributed by atoms with Crippen LogP contribution < -0.4 is 42.5 Å². The molecule has 24 heteroatoms. The molecule has 626 valence electrons. The van der Waals surface area contributed by atoms with Crippen molar-refractivity contribution in [3.63, 3.8) is 0 Å². The first-order valence-electron chi connectivity index (χ1n) is 40.8. The Hall–Kier alpha value is -11.4. The zero-order chi connectivity index (χ0) is 84.3. The third-order valence-corrected chi connectivity index (χ3v) is 22.4. The number of benzene rings is 6. The van der Waals surface area contributed by atoms with Crippen molar-refractivity contribution in [3.05, 3.63) is 251 Å². The number of carbonyl (C=O) groups excluding carboxylic acids is 6. The van der Waals surface area contributed by atoms with E-state index >= 15 is 0 Å². The van der Waals surface area contributed by atoms with Crippen LogP contribution in [0.5, 0.6) is 0 Å². The Bertz CT molecular complexity index is 4660. The number of nitrogen functional groups attached to an aromatic ring is 2. The highest BCUT2D eigenvalue weighted by atomic mass is 35.5. The van der Waals surface area contributed by atoms with Gasteiger partial charge in [-0.2, -0.15) is 0 Å². The standard InChI is InChI=1S/C35H38N6O2.C15H21N3O2.C13H24N2O2.C13H13N.C9H9NO.C7H6ClNO.CH3F.CH4/c36-30-13-11-28(27-9-5-2-6-10-27)23-31(30)39-33(42)29-12-14-32(38-24-29)40-20-16-35(17-21-40)18-22-41(25-35)34(43)37-19-15-26-7-3-1-4-8-26;1-20-14(19)12-2-3-13(17-10-12)18-8-5-15(6-9-18)4-7-16-11-15;1-12(2,3)17-11(16)15-9-6-13(10-15)4-7-14-8-5-13;1-10-7-8-12(9-13(10)14)11-5-3-2-4-6-11;11-8-10-7-6-9-4-2-1-3-5-9;1-5(10)6-2-3-7(8)9-4-6;1-2;/h1-14,23-24H,15-22,25,36H2,(H,37,43)(H,39,42);2-3,10,16H,4-9,11H2,1H3;14H,4-10H2,1-3H3;2-9H,14H2,1H3;1-5H,6-7H2;2-4H,1H3;1H3;1H4/i;;;;;;1D;. The van der Waals surface area contributed by atoms with Crippen LogP contribution in [0.15, 0.2) is 218 Å². The van der Waals surface area contributed by atoms with E-state index < -0.39 is 7.15 Å². The summed E-state index contributed by atoms with van der Waals surface area (Å²) in [5, 5.41) is 13.3. The van der Waals surface area contributed by atoms with Crippen LogP contribution in [0.2, 0.25) is 5.15 Å². The number of ether oxygens (including phenoxy) is 2. The number of halogens is 2. The van der Waals surface area contributed by atoms with Crippen LogP contribution in [-0.2, 0) is 27.1 Å². The number of aromatic nitrogens is 3. The number of anilines is 5. The van der Waals surface area contributed by atoms with Crippen LogP contribution in [0.1, 0.15) is 142 Å². The number of urea groups is 1. The van der Waals surface area contributed by atoms with Gasteiger partial charge < -0.3 is 61.8 Å². The van der Waals surface area contributed by atoms with E-state index in [0.717, 1.165) is 151 Å². The highest BCUT2D eigenvalue weighted by Crippen LogP contribution is 2.43. The van der Waals surface area contributed by atoms with Crippen molar-refractivity contribution in [1.82, 2.24) is 40.7 Å². The Labute approximate surface area is 702 Å². The zero-order valence-electron chi connectivity index (χ0n) is 69.3. The van der Waals surface area contributed by atoms with Crippen molar-refractivity contribution in [2.45, 2.75) is 118 Å². The van der Waals surface area contributed by atoms with E-state index in [1.807, 2.05) is 177 Å². The van der Waals surface area contributed by atoms with Gasteiger partial charge in [0.1, 0.15) is 22.4 Å². The van der Waals surface area contributed by atoms with Crippen molar-refractivity contribution in [2.24, 2.45) is 21.2 Å². The second kappa shape index (κ2) is 46.0. The number of amides is 4. The normalized spacial score (nSPS) is 15.8. The number of piperidine rings is 3. The third-order valence-electron chi connectivity index (χ3n) is 22.2. The largest absolute Gasteiger partial charge is 0.465 e. The average molecular weight is 1630 g/mol. The summed E-state index contributed by atoms with van der Waals surface area (Å²) in [6, 6.07) is 63.0. The van der Waals surface area contributed by atoms with Gasteiger partial charge in [-0.05, 0) is 235 Å². The summed E-state index contributed by atoms with van der Waals surface area (Å²) in [6.45, 7) is 22.1. The molecule has 6 aliphatic rings. The molecule has 22 nitrogen and oxygen atoms in total. The van der Waals surface area contributed by atoms with Crippen molar-refractivity contribution >= 4 is 76.2 Å². The SMILES string of the molecule is C.CC(=O)c1ccc(Cl)nc1.CC(C)(C)OC(=O)N1CCC2(CCNCC2)C1.COC(=O)c1ccc(N2CCC3(CCNC3)CC2)nc1.Cc1ccc(-c2ccccc2)cc1N.Nc1ccc(-c2ccccc2)cc1NC(=O)c1ccc(N2CCC3(CCN(C(=O)NCCc4ccccc4)C3)CC2)nc1.O=C=NCCc1ccccc1.[2H]CF. The van der Waals surface area contributed by atoms with Gasteiger partial charge in [0.25, 0.3) is 5.91 Å². The summed E-state index contributed by atoms with van der Waals surface area (Å²) in [5.41, 5.74) is 24.2. The number of ketones is 1. The number of alkyl halides is 1. The molecule has 0 atom stereocenters. The molecule has 0 aliphatic carbocycles. The molecule has 9 aromatic rings. The predicted octanol–water partition coefficient (Wildman–Crippen LogP) is 17.2. The van der Waals surface area contributed by atoms with E-state index in [1.165, 1.54) is 80.7 Å². The number of rotatable bonds is 14. The minimum Gasteiger partial charge on any atom is -0.465 e. The Morgan fingerprint density at radius 1 is 0.585 bits per heavy atom. The van der Waals surface area contributed by atoms with Gasteiger partial charge in [0.05, 0.1) is 44.7 Å². The lowest BCUT2D eigenvalue weighted by Gasteiger charge is -2.39. The van der Waals surface area contributed by atoms with Gasteiger partial charge in [-0.1, -0.05) is 159 Å². The minimum absolute atomic E-state index is 0. The molecule has 3 spiro atoms. The van der Waals surface area contributed by atoms with Crippen molar-refractivity contribution in [3.8, 4) is 22.3 Å². The second-order valence-corrected chi connectivity index (χ2v) is 31.8. The van der Waals surface area contributed by atoms with Gasteiger partial charge in [0, 0.05) is 95.3 Å². The van der Waals surface area contributed by atoms with Crippen molar-refractivity contribution < 1.29 is 44.0 Å². The summed E-state index contributed by atoms with van der Waals surface area (Å²) >= 11 is 5.49. The van der Waals surface area contributed by atoms with E-state index in [-0.39, 0.29) is 48.2 Å². The predicted molar refractivity (Wildman–Crippen MR) is 473 cm³/mol. The second-order valence-electron chi connectivity index (χ2n) is 31.4. The number of likely N-dealkylation sites (tertiary alicyclic amines) is 2. The van der Waals surface area contributed by atoms with Crippen LogP contribution in [-0.4, -0.2) is 172 Å². The third kappa shape index (κ3) is 28.2. The van der Waals surface area contributed by atoms with Crippen LogP contribution in [0.3, 0.4) is 0 Å². The van der Waals surface area contributed by atoms with Crippen LogP contribution >= 0.6 is 11.6 Å². The number of esters is 1. The fourth-order valence-corrected chi connectivity index (χ4v) is 15.2. The molecular formula is C94H118ClFN14O8. The summed E-state index contributed by atoms with van der Waals surface area (Å²) in [5.74, 6) is 1.24. The lowest BCUT2D eigenvalue weighted by atomic mass is 9.78. The Morgan fingerprint density at radius 2 is 1.07 bits per heavy atom. The van der Waals surface area contributed by atoms with E-state index in [0.29, 0.717) is 57.1 Å². The first kappa shape index (κ1) is 90.6. The van der Waals surface area contributed by atoms with Crippen molar-refractivity contribution in [1.29, 1.82) is 0 Å². The number of carbonyl (C=O) groups is 5. The maximum absolute atomic E-state index is 13.0. The number of nitrogens with two attached hydrogens (primary N) is 2. The summed E-state index contributed by atoms with van der Waals surface area (Å²) < 4.78 is 25.6. The molecule has 9 heterocycles. The first-order chi connectivity index (χ1) is 56.9. The van der Waals surface area contributed by atoms with Gasteiger partial charge in [-0.3, -0.25) is 14.0 Å². The molecule has 6 saturated heterocycles. The number of hydrogen-bond donors (Lipinski definition) is 6. The summed E-state index contributed by atoms with van der Waals surface area (Å²) in [6.07, 6.45) is 18.0. The molecule has 6 aromatic carbocycles. The van der Waals surface area contributed by atoms with E-state index in [9.17, 15) is 33.2 Å². The molecule has 118 heavy (non-hydrogen) atoms. The van der Waals surface area contributed by atoms with Gasteiger partial charge in [-0.15, -0.1) is 0 Å². The Kier molecular flexibility index (Phi) is 35.3. The number of nitrogens with one attached hydrogen (secondary N) is 4. The molecule has 6 aliphatic heterocycles. The van der Waals surface area contributed by atoms with E-state index in [1.54, 1.807) is 30.6 Å². The Balaban J connectivity index is 0.000000194. The summed E-state index contributed by atoms with van der Waals surface area (Å²) in [7, 11) is 0.385. The quantitative estimate of drug-likeness (QED) is 0.0147. The molecule has 6 fully saturated rings. The molecular weight excluding hydrogens is 1510 g/mol. The molecule has 8 N–H and O–H groups in total. The number of aliphatic imine (C=N–C) groups is 1. The number of pyridine rings is 3. The molecule has 4 amide bonds. The molecule has 0 radical (unpaired) electrons. The van der Waals surface area contributed by atoms with Gasteiger partial charge in [0.15, 0.2) is 5.78 Å². The zero-order valence-corrected chi connectivity index (χ0v) is 69.1. The first-order valence-corrected chi connectivity index (χ1v) is 40.5. The average Bonchev–Trinajstić information content (AvgIpc) is 1.70. The van der Waals surface area contributed by atoms with Crippen LogP contribution in [0.25, 0.3) is 22.3 Å². The number of methoxy groups -OCH3 is 1. The minimum atomic E-state index is -1.00. The highest BCUT2D eigenvalue weighted by Gasteiger charge is 2.44. The number of hydrogen-bond acceptors (Lipinski definition) is 18. The number of aryl methyl sites for hydroxylation is 1. The lowest BCUT2D eigenvalue weighted by molar-refractivity contribution is 0.0264. The molecule has 15 rings (SSSR count). The molecule has 0 saturated carbocycles. The molecule has 3 aromatic heterocycles. The smallest absolute Gasteiger partial charge is 0.410 e. The van der Waals surface area contributed by atoms with Gasteiger partial charge >= 0.3 is 18.1 Å². The highest BCUT2D eigenvalue weighted by molar-refractivity contribution is 6.29. The topological polar surface area (TPSA) is 285 Å². The van der Waals surface area contributed by atoms with Gasteiger partial charge in [0.2, 0.25) is 6.08 Å². The molecule has 0 unspecified atom stereocenters. The fourth-order valence-electron chi connectivity index (χ4n) is 15.1. The molecule has 0 bridgehead atoms. The number of isocyanates is 1. The van der Waals surface area contributed by atoms with E-state index in [2.05, 4.69) is 92.1 Å². The van der Waals surface area contributed by atoms with Crippen LogP contribution in [0.4, 0.5) is 42.7 Å². The number of nitrogens with zero attached hydrogens (tertiary/aromatic N) is 8. The lowest BCUT2D eigenvalue weighted by Crippen LogP contribution is -2.44. The van der Waals surface area contributed by atoms with Crippen molar-refractivity contribution in [2.75, 3.05) is 132 Å². The fraction of sp³-hybridized carbons (Fsp3) is 0.394. The maximum atomic E-state index is 13.0. The van der Waals surface area contributed by atoms with E-state index in [4.69, 9.17) is 29.2 Å². The summed E-state index contributed by atoms with van der Waals surface area (Å²) in [4.78, 5) is 94.3. The van der Waals surface area contributed by atoms with Crippen LogP contribution in [0, 0.1) is 23.2 Å². The number of Topliss-reactive ketones (excluding diaryl/α,β-unsaturated/α-hetero) is 1. The van der Waals surface area contributed by atoms with Gasteiger partial charge in [-0.25, -0.2) is 39.1 Å². The Morgan fingerprint density at radius 3 is 1.58 bits per heavy atom.